The molecular weight excluding hydrogens is 378 g/mol. The van der Waals surface area contributed by atoms with E-state index in [4.69, 9.17) is 4.18 Å². The Balaban J connectivity index is 2.13. The summed E-state index contributed by atoms with van der Waals surface area (Å²) in [4.78, 5) is 8.53. The number of pyridine rings is 1. The molecule has 0 radical (unpaired) electrons. The molecular formula is C20H23N3O4S. The van der Waals surface area contributed by atoms with Crippen LogP contribution in [0, 0.1) is 0 Å². The maximum atomic E-state index is 13.2. The third-order valence-electron chi connectivity index (χ3n) is 4.18. The van der Waals surface area contributed by atoms with Gasteiger partial charge in [0.05, 0.1) is 18.8 Å². The lowest BCUT2D eigenvalue weighted by Gasteiger charge is -2.14. The summed E-state index contributed by atoms with van der Waals surface area (Å²) in [6.45, 7) is 3.90. The number of aromatic nitrogens is 3. The van der Waals surface area contributed by atoms with Crippen LogP contribution in [0.1, 0.15) is 36.8 Å². The molecule has 0 spiro atoms. The topological polar surface area (TPSA) is 94.3 Å². The molecule has 0 saturated heterocycles. The van der Waals surface area contributed by atoms with Crippen molar-refractivity contribution in [2.45, 2.75) is 37.8 Å². The van der Waals surface area contributed by atoms with Crippen LogP contribution in [0.4, 0.5) is 0 Å². The second kappa shape index (κ2) is 8.53. The van der Waals surface area contributed by atoms with Crippen LogP contribution >= 0.6 is 0 Å². The molecule has 148 valence electrons. The fraction of sp³-hybridized carbons (Fsp3) is 0.300. The number of aliphatic hydroxyl groups is 1. The summed E-state index contributed by atoms with van der Waals surface area (Å²) in [5, 5.41) is 9.46. The Morgan fingerprint density at radius 1 is 1.11 bits per heavy atom. The van der Waals surface area contributed by atoms with E-state index in [1.807, 2.05) is 26.0 Å². The normalized spacial score (nSPS) is 11.7. The van der Waals surface area contributed by atoms with Crippen LogP contribution in [-0.4, -0.2) is 34.7 Å². The van der Waals surface area contributed by atoms with Gasteiger partial charge in [-0.3, -0.25) is 4.98 Å². The molecule has 0 aliphatic heterocycles. The van der Waals surface area contributed by atoms with Gasteiger partial charge < -0.3 is 13.9 Å². The highest BCUT2D eigenvalue weighted by Gasteiger charge is 2.31. The SMILES string of the molecule is CC(C)c1nc(CCO)n(Cc2ccncc2)c1S(=O)(=O)Oc1ccccc1. The van der Waals surface area contributed by atoms with Gasteiger partial charge in [0.15, 0.2) is 5.03 Å². The van der Waals surface area contributed by atoms with E-state index in [9.17, 15) is 13.5 Å². The van der Waals surface area contributed by atoms with Gasteiger partial charge in [-0.05, 0) is 35.7 Å². The molecule has 0 amide bonds. The lowest BCUT2D eigenvalue weighted by molar-refractivity contribution is 0.294. The van der Waals surface area contributed by atoms with Gasteiger partial charge in [-0.15, -0.1) is 0 Å². The predicted octanol–water partition coefficient (Wildman–Crippen LogP) is 2.75. The zero-order chi connectivity index (χ0) is 20.1. The summed E-state index contributed by atoms with van der Waals surface area (Å²) >= 11 is 0. The van der Waals surface area contributed by atoms with Crippen molar-refractivity contribution in [3.05, 3.63) is 71.9 Å². The van der Waals surface area contributed by atoms with E-state index in [1.165, 1.54) is 0 Å². The van der Waals surface area contributed by atoms with Crippen LogP contribution in [0.3, 0.4) is 0 Å². The maximum Gasteiger partial charge on any atom is 0.357 e. The van der Waals surface area contributed by atoms with Crippen molar-refractivity contribution >= 4 is 10.1 Å². The molecule has 3 rings (SSSR count). The lowest BCUT2D eigenvalue weighted by Crippen LogP contribution is -2.19. The number of hydrogen-bond acceptors (Lipinski definition) is 6. The van der Waals surface area contributed by atoms with Gasteiger partial charge in [0, 0.05) is 18.8 Å². The van der Waals surface area contributed by atoms with E-state index in [1.54, 1.807) is 47.3 Å². The monoisotopic (exact) mass is 401 g/mol. The zero-order valence-corrected chi connectivity index (χ0v) is 16.6. The summed E-state index contributed by atoms with van der Waals surface area (Å²) in [6.07, 6.45) is 3.54. The second-order valence-corrected chi connectivity index (χ2v) is 8.10. The van der Waals surface area contributed by atoms with Crippen LogP contribution in [0.25, 0.3) is 0 Å². The highest BCUT2D eigenvalue weighted by molar-refractivity contribution is 7.87. The summed E-state index contributed by atoms with van der Waals surface area (Å²) in [5.74, 6) is 0.594. The molecule has 1 aromatic carbocycles. The van der Waals surface area contributed by atoms with Gasteiger partial charge in [-0.25, -0.2) is 4.98 Å². The number of imidazole rings is 1. The van der Waals surface area contributed by atoms with Crippen LogP contribution in [0.5, 0.6) is 5.75 Å². The highest BCUT2D eigenvalue weighted by Crippen LogP contribution is 2.28. The van der Waals surface area contributed by atoms with Crippen molar-refractivity contribution in [2.24, 2.45) is 0 Å². The van der Waals surface area contributed by atoms with Gasteiger partial charge in [-0.1, -0.05) is 32.0 Å². The molecule has 28 heavy (non-hydrogen) atoms. The van der Waals surface area contributed by atoms with Crippen molar-refractivity contribution in [2.75, 3.05) is 6.61 Å². The number of aliphatic hydroxyl groups excluding tert-OH is 1. The number of rotatable bonds is 8. The molecule has 0 bridgehead atoms. The van der Waals surface area contributed by atoms with E-state index in [-0.39, 0.29) is 36.3 Å². The van der Waals surface area contributed by atoms with Gasteiger partial charge in [-0.2, -0.15) is 8.42 Å². The van der Waals surface area contributed by atoms with E-state index in [0.29, 0.717) is 11.5 Å². The van der Waals surface area contributed by atoms with Crippen LogP contribution in [-0.2, 0) is 23.1 Å². The Hall–Kier alpha value is -2.71. The Morgan fingerprint density at radius 2 is 1.79 bits per heavy atom. The van der Waals surface area contributed by atoms with Crippen LogP contribution in [0.15, 0.2) is 59.9 Å². The fourth-order valence-corrected chi connectivity index (χ4v) is 4.33. The predicted molar refractivity (Wildman–Crippen MR) is 105 cm³/mol. The van der Waals surface area contributed by atoms with Gasteiger partial charge in [0.2, 0.25) is 0 Å². The van der Waals surface area contributed by atoms with E-state index < -0.39 is 10.1 Å². The van der Waals surface area contributed by atoms with Gasteiger partial charge in [0.1, 0.15) is 11.6 Å². The standard InChI is InChI=1S/C20H23N3O4S/c1-15(2)19-20(28(25,26)27-17-6-4-3-5-7-17)23(18(22-19)10-13-24)14-16-8-11-21-12-9-16/h3-9,11-12,15,24H,10,13-14H2,1-2H3. The first kappa shape index (κ1) is 20.0. The van der Waals surface area contributed by atoms with Crippen LogP contribution < -0.4 is 4.18 Å². The van der Waals surface area contributed by atoms with Crippen molar-refractivity contribution in [3.63, 3.8) is 0 Å². The average molecular weight is 401 g/mol. The van der Waals surface area contributed by atoms with Crippen LogP contribution in [0.2, 0.25) is 0 Å². The number of benzene rings is 1. The Bertz CT molecular complexity index is 1020. The van der Waals surface area contributed by atoms with E-state index in [2.05, 4.69) is 9.97 Å². The van der Waals surface area contributed by atoms with Crippen molar-refractivity contribution < 1.29 is 17.7 Å². The fourth-order valence-electron chi connectivity index (χ4n) is 2.91. The Morgan fingerprint density at radius 3 is 2.39 bits per heavy atom. The number of para-hydroxylation sites is 1. The highest BCUT2D eigenvalue weighted by atomic mass is 32.2. The molecule has 3 aromatic rings. The van der Waals surface area contributed by atoms with E-state index >= 15 is 0 Å². The molecule has 2 aromatic heterocycles. The lowest BCUT2D eigenvalue weighted by atomic mass is 10.1. The summed E-state index contributed by atoms with van der Waals surface area (Å²) in [6, 6.07) is 12.0. The smallest absolute Gasteiger partial charge is 0.357 e. The van der Waals surface area contributed by atoms with Crippen molar-refractivity contribution in [1.82, 2.24) is 14.5 Å². The first-order valence-electron chi connectivity index (χ1n) is 9.01. The maximum absolute atomic E-state index is 13.2. The second-order valence-electron chi connectivity index (χ2n) is 6.64. The molecule has 0 atom stereocenters. The molecule has 0 aliphatic rings. The zero-order valence-electron chi connectivity index (χ0n) is 15.8. The third-order valence-corrected chi connectivity index (χ3v) is 5.50. The molecule has 0 unspecified atom stereocenters. The minimum atomic E-state index is -4.13. The molecule has 1 N–H and O–H groups in total. The quantitative estimate of drug-likeness (QED) is 0.583. The van der Waals surface area contributed by atoms with Crippen molar-refractivity contribution in [1.29, 1.82) is 0 Å². The number of nitrogens with zero attached hydrogens (tertiary/aromatic N) is 3. The Labute approximate surface area is 164 Å². The van der Waals surface area contributed by atoms with Crippen molar-refractivity contribution in [3.8, 4) is 5.75 Å². The van der Waals surface area contributed by atoms with E-state index in [0.717, 1.165) is 5.56 Å². The molecule has 2 heterocycles. The largest absolute Gasteiger partial charge is 0.396 e. The summed E-state index contributed by atoms with van der Waals surface area (Å²) in [5.41, 5.74) is 1.30. The first-order chi connectivity index (χ1) is 13.4. The summed E-state index contributed by atoms with van der Waals surface area (Å²) < 4.78 is 33.4. The molecule has 8 heteroatoms. The molecule has 0 fully saturated rings. The minimum Gasteiger partial charge on any atom is -0.396 e. The van der Waals surface area contributed by atoms with Gasteiger partial charge >= 0.3 is 10.1 Å². The molecule has 0 aliphatic carbocycles. The van der Waals surface area contributed by atoms with Gasteiger partial charge in [0.25, 0.3) is 0 Å². The third kappa shape index (κ3) is 4.40. The minimum absolute atomic E-state index is 0.0200. The number of hydrogen-bond donors (Lipinski definition) is 1. The average Bonchev–Trinajstić information content (AvgIpc) is 3.03. The summed E-state index contributed by atoms with van der Waals surface area (Å²) in [7, 11) is -4.13. The Kier molecular flexibility index (Phi) is 6.11. The molecule has 7 nitrogen and oxygen atoms in total. The first-order valence-corrected chi connectivity index (χ1v) is 10.4. The molecule has 0 saturated carbocycles.